The van der Waals surface area contributed by atoms with Crippen molar-refractivity contribution in [3.8, 4) is 5.75 Å². The molecule has 1 aromatic carbocycles. The Morgan fingerprint density at radius 2 is 2.04 bits per heavy atom. The van der Waals surface area contributed by atoms with Crippen LogP contribution in [0.1, 0.15) is 29.8 Å². The van der Waals surface area contributed by atoms with Crippen molar-refractivity contribution in [2.24, 2.45) is 0 Å². The maximum absolute atomic E-state index is 12.2. The lowest BCUT2D eigenvalue weighted by Gasteiger charge is -2.35. The Kier molecular flexibility index (Phi) is 5.04. The molecule has 1 aliphatic rings. The van der Waals surface area contributed by atoms with Crippen molar-refractivity contribution in [1.82, 2.24) is 4.90 Å². The van der Waals surface area contributed by atoms with Gasteiger partial charge in [0.25, 0.3) is 0 Å². The molecule has 0 radical (unpaired) electrons. The average Bonchev–Trinajstić information content (AvgIpc) is 3.01. The zero-order chi connectivity index (χ0) is 16.3. The molecule has 1 aromatic heterocycles. The van der Waals surface area contributed by atoms with Crippen LogP contribution >= 0.6 is 11.3 Å². The summed E-state index contributed by atoms with van der Waals surface area (Å²) in [6.07, 6.45) is 1.99. The predicted octanol–water partition coefficient (Wildman–Crippen LogP) is 3.47. The van der Waals surface area contributed by atoms with Crippen LogP contribution in [0, 0.1) is 0 Å². The SMILES string of the molecule is CCC1c2ccsc2CCN1CCS(=O)(=O)Oc1ccccc1. The first-order valence-electron chi connectivity index (χ1n) is 7.86. The number of benzene rings is 1. The second kappa shape index (κ2) is 7.03. The van der Waals surface area contributed by atoms with Crippen molar-refractivity contribution in [3.63, 3.8) is 0 Å². The van der Waals surface area contributed by atoms with Gasteiger partial charge in [0, 0.05) is 24.0 Å². The highest BCUT2D eigenvalue weighted by Crippen LogP contribution is 2.34. The smallest absolute Gasteiger partial charge is 0.310 e. The van der Waals surface area contributed by atoms with Crippen LogP contribution in [0.5, 0.6) is 5.75 Å². The Bertz CT molecular complexity index is 740. The number of rotatable bonds is 6. The lowest BCUT2D eigenvalue weighted by atomic mass is 9.98. The lowest BCUT2D eigenvalue weighted by molar-refractivity contribution is 0.192. The Labute approximate surface area is 141 Å². The molecule has 3 rings (SSSR count). The minimum atomic E-state index is -3.57. The molecule has 1 atom stereocenters. The van der Waals surface area contributed by atoms with E-state index in [1.54, 1.807) is 35.6 Å². The molecule has 0 bridgehead atoms. The molecule has 0 N–H and O–H groups in total. The van der Waals surface area contributed by atoms with E-state index in [9.17, 15) is 8.42 Å². The van der Waals surface area contributed by atoms with E-state index in [2.05, 4.69) is 23.3 Å². The summed E-state index contributed by atoms with van der Waals surface area (Å²) >= 11 is 1.80. The van der Waals surface area contributed by atoms with Crippen LogP contribution in [-0.4, -0.2) is 32.2 Å². The van der Waals surface area contributed by atoms with Crippen molar-refractivity contribution < 1.29 is 12.6 Å². The van der Waals surface area contributed by atoms with Crippen molar-refractivity contribution in [2.45, 2.75) is 25.8 Å². The van der Waals surface area contributed by atoms with E-state index in [4.69, 9.17) is 4.18 Å². The van der Waals surface area contributed by atoms with E-state index in [0.717, 1.165) is 19.4 Å². The maximum Gasteiger partial charge on any atom is 0.310 e. The molecule has 124 valence electrons. The third kappa shape index (κ3) is 3.94. The highest BCUT2D eigenvalue weighted by atomic mass is 32.2. The van der Waals surface area contributed by atoms with Crippen LogP contribution in [0.3, 0.4) is 0 Å². The van der Waals surface area contributed by atoms with Crippen LogP contribution in [-0.2, 0) is 16.5 Å². The molecule has 2 aromatic rings. The van der Waals surface area contributed by atoms with Crippen molar-refractivity contribution in [3.05, 3.63) is 52.2 Å². The fourth-order valence-corrected chi connectivity index (χ4v) is 4.96. The van der Waals surface area contributed by atoms with Gasteiger partial charge >= 0.3 is 10.1 Å². The number of thiophene rings is 1. The zero-order valence-electron chi connectivity index (χ0n) is 13.1. The number of fused-ring (bicyclic) bond motifs is 1. The average molecular weight is 351 g/mol. The van der Waals surface area contributed by atoms with E-state index in [1.165, 1.54) is 10.4 Å². The van der Waals surface area contributed by atoms with Crippen LogP contribution < -0.4 is 4.18 Å². The minimum Gasteiger partial charge on any atom is -0.382 e. The monoisotopic (exact) mass is 351 g/mol. The number of nitrogens with zero attached hydrogens (tertiary/aromatic N) is 1. The predicted molar refractivity (Wildman–Crippen MR) is 93.5 cm³/mol. The van der Waals surface area contributed by atoms with Crippen molar-refractivity contribution in [1.29, 1.82) is 0 Å². The van der Waals surface area contributed by atoms with Crippen molar-refractivity contribution in [2.75, 3.05) is 18.8 Å². The summed E-state index contributed by atoms with van der Waals surface area (Å²) in [4.78, 5) is 3.71. The van der Waals surface area contributed by atoms with E-state index < -0.39 is 10.1 Å². The van der Waals surface area contributed by atoms with Crippen LogP contribution in [0.2, 0.25) is 0 Å². The van der Waals surface area contributed by atoms with Gasteiger partial charge in [-0.15, -0.1) is 11.3 Å². The van der Waals surface area contributed by atoms with Crippen LogP contribution in [0.15, 0.2) is 41.8 Å². The van der Waals surface area contributed by atoms with E-state index in [1.807, 2.05) is 6.07 Å². The fraction of sp³-hybridized carbons (Fsp3) is 0.412. The van der Waals surface area contributed by atoms with Gasteiger partial charge in [-0.1, -0.05) is 25.1 Å². The third-order valence-corrected chi connectivity index (χ3v) is 6.31. The quantitative estimate of drug-likeness (QED) is 0.748. The fourth-order valence-electron chi connectivity index (χ4n) is 3.09. The topological polar surface area (TPSA) is 46.6 Å². The van der Waals surface area contributed by atoms with E-state index in [0.29, 0.717) is 18.3 Å². The number of hydrogen-bond donors (Lipinski definition) is 0. The molecule has 23 heavy (non-hydrogen) atoms. The van der Waals surface area contributed by atoms with Gasteiger partial charge < -0.3 is 4.18 Å². The standard InChI is InChI=1S/C17H21NO3S2/c1-2-16-15-9-12-22-17(15)8-10-18(16)11-13-23(19,20)21-14-6-4-3-5-7-14/h3-7,9,12,16H,2,8,10-11,13H2,1H3. The molecular formula is C17H21NO3S2. The van der Waals surface area contributed by atoms with Gasteiger partial charge in [0.05, 0.1) is 5.75 Å². The summed E-state index contributed by atoms with van der Waals surface area (Å²) in [5.74, 6) is 0.385. The molecule has 0 saturated heterocycles. The molecule has 4 nitrogen and oxygen atoms in total. The van der Waals surface area contributed by atoms with Crippen molar-refractivity contribution >= 4 is 21.5 Å². The van der Waals surface area contributed by atoms with Gasteiger partial charge in [-0.05, 0) is 42.0 Å². The molecule has 1 unspecified atom stereocenters. The second-order valence-electron chi connectivity index (χ2n) is 5.67. The molecule has 1 aliphatic heterocycles. The normalized spacial score (nSPS) is 18.6. The largest absolute Gasteiger partial charge is 0.382 e. The molecule has 0 aliphatic carbocycles. The first-order valence-corrected chi connectivity index (χ1v) is 10.3. The summed E-state index contributed by atoms with van der Waals surface area (Å²) in [7, 11) is -3.57. The molecule has 0 saturated carbocycles. The van der Waals surface area contributed by atoms with E-state index >= 15 is 0 Å². The summed E-state index contributed by atoms with van der Waals surface area (Å²) < 4.78 is 29.5. The first-order chi connectivity index (χ1) is 11.1. The summed E-state index contributed by atoms with van der Waals surface area (Å²) in [6.45, 7) is 3.56. The zero-order valence-corrected chi connectivity index (χ0v) is 14.8. The van der Waals surface area contributed by atoms with Gasteiger partial charge in [0.15, 0.2) is 0 Å². The molecule has 6 heteroatoms. The van der Waals surface area contributed by atoms with E-state index in [-0.39, 0.29) is 5.75 Å². The first kappa shape index (κ1) is 16.5. The second-order valence-corrected chi connectivity index (χ2v) is 8.36. The molecule has 0 amide bonds. The van der Waals surface area contributed by atoms with Gasteiger partial charge in [0.1, 0.15) is 5.75 Å². The van der Waals surface area contributed by atoms with Gasteiger partial charge in [0.2, 0.25) is 0 Å². The Hall–Kier alpha value is -1.37. The van der Waals surface area contributed by atoms with Gasteiger partial charge in [-0.3, -0.25) is 4.90 Å². The molecule has 0 fully saturated rings. The summed E-state index contributed by atoms with van der Waals surface area (Å²) in [5.41, 5.74) is 1.37. The molecular weight excluding hydrogens is 330 g/mol. The summed E-state index contributed by atoms with van der Waals surface area (Å²) in [5, 5.41) is 2.13. The summed E-state index contributed by atoms with van der Waals surface area (Å²) in [6, 6.07) is 11.2. The third-order valence-electron chi connectivity index (χ3n) is 4.19. The van der Waals surface area contributed by atoms with Gasteiger partial charge in [-0.2, -0.15) is 8.42 Å². The van der Waals surface area contributed by atoms with Crippen LogP contribution in [0.25, 0.3) is 0 Å². The Morgan fingerprint density at radius 3 is 2.78 bits per heavy atom. The number of para-hydroxylation sites is 1. The maximum atomic E-state index is 12.2. The number of hydrogen-bond acceptors (Lipinski definition) is 5. The Morgan fingerprint density at radius 1 is 1.26 bits per heavy atom. The van der Waals surface area contributed by atoms with Gasteiger partial charge in [-0.25, -0.2) is 0 Å². The highest BCUT2D eigenvalue weighted by Gasteiger charge is 2.28. The molecule has 2 heterocycles. The minimum absolute atomic E-state index is 0.0118. The highest BCUT2D eigenvalue weighted by molar-refractivity contribution is 7.87. The van der Waals surface area contributed by atoms with Crippen LogP contribution in [0.4, 0.5) is 0 Å². The Balaban J connectivity index is 1.64. The lowest BCUT2D eigenvalue weighted by Crippen LogP contribution is -2.38. The molecule has 0 spiro atoms.